The third kappa shape index (κ3) is 2.47. The summed E-state index contributed by atoms with van der Waals surface area (Å²) in [7, 11) is 0. The first-order chi connectivity index (χ1) is 15.2. The molecule has 31 heavy (non-hydrogen) atoms. The van der Waals surface area contributed by atoms with Gasteiger partial charge < -0.3 is 20.5 Å². The molecule has 2 heterocycles. The Morgan fingerprint density at radius 3 is 2.42 bits per heavy atom. The van der Waals surface area contributed by atoms with E-state index in [1.54, 1.807) is 12.1 Å². The minimum Gasteiger partial charge on any atom is -0.456 e. The Bertz CT molecular complexity index is 1350. The monoisotopic (exact) mass is 406 g/mol. The lowest BCUT2D eigenvalue weighted by Crippen LogP contribution is -2.34. The topological polar surface area (TPSA) is 73.6 Å². The molecule has 4 aromatic rings. The molecule has 5 heteroatoms. The molecule has 1 atom stereocenters. The maximum atomic E-state index is 12.9. The Morgan fingerprint density at radius 1 is 0.742 bits per heavy atom. The van der Waals surface area contributed by atoms with Gasteiger partial charge in [-0.2, -0.15) is 0 Å². The molecule has 0 aliphatic carbocycles. The van der Waals surface area contributed by atoms with E-state index in [2.05, 4.69) is 5.32 Å². The predicted octanol–water partition coefficient (Wildman–Crippen LogP) is 5.58. The van der Waals surface area contributed by atoms with E-state index in [9.17, 15) is 4.79 Å². The number of para-hydroxylation sites is 1. The first kappa shape index (κ1) is 17.6. The van der Waals surface area contributed by atoms with Crippen LogP contribution in [-0.4, -0.2) is 5.97 Å². The number of benzene rings is 4. The molecule has 2 aliphatic rings. The molecule has 5 nitrogen and oxygen atoms in total. The van der Waals surface area contributed by atoms with Crippen molar-refractivity contribution in [2.24, 2.45) is 0 Å². The van der Waals surface area contributed by atoms with Crippen LogP contribution in [0, 0.1) is 0 Å². The van der Waals surface area contributed by atoms with Gasteiger partial charge in [-0.1, -0.05) is 42.5 Å². The van der Waals surface area contributed by atoms with Gasteiger partial charge in [0.25, 0.3) is 0 Å². The van der Waals surface area contributed by atoms with Gasteiger partial charge in [0.2, 0.25) is 0 Å². The van der Waals surface area contributed by atoms with Crippen LogP contribution in [0.15, 0.2) is 91.0 Å². The van der Waals surface area contributed by atoms with E-state index in [0.29, 0.717) is 28.3 Å². The summed E-state index contributed by atoms with van der Waals surface area (Å²) >= 11 is 0. The molecule has 0 amide bonds. The highest BCUT2D eigenvalue weighted by Crippen LogP contribution is 2.58. The largest absolute Gasteiger partial charge is 0.456 e. The molecule has 1 spiro atoms. The number of carbonyl (C=O) groups excluding carboxylic acids is 1. The summed E-state index contributed by atoms with van der Waals surface area (Å²) < 4.78 is 12.4. The van der Waals surface area contributed by atoms with Gasteiger partial charge in [-0.25, -0.2) is 4.79 Å². The summed E-state index contributed by atoms with van der Waals surface area (Å²) in [6, 6.07) is 28.6. The average molecular weight is 406 g/mol. The summed E-state index contributed by atoms with van der Waals surface area (Å²) in [5, 5.41) is 3.41. The lowest BCUT2D eigenvalue weighted by Gasteiger charge is -2.37. The molecule has 0 saturated carbocycles. The van der Waals surface area contributed by atoms with Gasteiger partial charge in [0.15, 0.2) is 5.60 Å². The molecule has 4 aromatic carbocycles. The number of anilines is 3. The van der Waals surface area contributed by atoms with Crippen molar-refractivity contribution >= 4 is 23.0 Å². The van der Waals surface area contributed by atoms with Gasteiger partial charge in [0.1, 0.15) is 11.5 Å². The second kappa shape index (κ2) is 6.37. The van der Waals surface area contributed by atoms with E-state index >= 15 is 0 Å². The Labute approximate surface area is 179 Å². The van der Waals surface area contributed by atoms with Gasteiger partial charge in [-0.05, 0) is 48.5 Å². The zero-order valence-electron chi connectivity index (χ0n) is 16.5. The molecule has 0 radical (unpaired) electrons. The van der Waals surface area contributed by atoms with Crippen molar-refractivity contribution in [2.75, 3.05) is 11.1 Å². The molecule has 0 saturated heterocycles. The Hall–Kier alpha value is -4.25. The number of esters is 1. The maximum absolute atomic E-state index is 12.9. The predicted molar refractivity (Wildman–Crippen MR) is 119 cm³/mol. The van der Waals surface area contributed by atoms with Crippen LogP contribution < -0.4 is 15.8 Å². The van der Waals surface area contributed by atoms with Gasteiger partial charge in [-0.15, -0.1) is 0 Å². The van der Waals surface area contributed by atoms with Crippen LogP contribution in [-0.2, 0) is 10.3 Å². The number of fused-ring (bicyclic) bond motifs is 6. The van der Waals surface area contributed by atoms with Crippen molar-refractivity contribution < 1.29 is 14.3 Å². The molecule has 0 bridgehead atoms. The first-order valence-electron chi connectivity index (χ1n) is 10.0. The Kier molecular flexibility index (Phi) is 3.62. The number of nitrogens with two attached hydrogens (primary N) is 1. The molecular weight excluding hydrogens is 388 g/mol. The zero-order valence-corrected chi connectivity index (χ0v) is 16.5. The van der Waals surface area contributed by atoms with Crippen LogP contribution in [0.2, 0.25) is 0 Å². The highest BCUT2D eigenvalue weighted by atomic mass is 16.6. The summed E-state index contributed by atoms with van der Waals surface area (Å²) in [6.07, 6.45) is 0. The Morgan fingerprint density at radius 2 is 1.55 bits per heavy atom. The second-order valence-corrected chi connectivity index (χ2v) is 7.64. The highest BCUT2D eigenvalue weighted by molar-refractivity contribution is 5.97. The van der Waals surface area contributed by atoms with Crippen LogP contribution in [0.5, 0.6) is 11.5 Å². The minimum absolute atomic E-state index is 0.376. The lowest BCUT2D eigenvalue weighted by molar-refractivity contribution is 0.0227. The second-order valence-electron chi connectivity index (χ2n) is 7.64. The first-order valence-corrected chi connectivity index (χ1v) is 10.0. The number of nitrogen functional groups attached to an aromatic ring is 1. The van der Waals surface area contributed by atoms with E-state index in [-0.39, 0.29) is 5.97 Å². The normalized spacial score (nSPS) is 17.9. The van der Waals surface area contributed by atoms with E-state index in [1.165, 1.54) is 0 Å². The van der Waals surface area contributed by atoms with Gasteiger partial charge in [0.05, 0.1) is 11.1 Å². The molecule has 1 unspecified atom stereocenters. The van der Waals surface area contributed by atoms with Gasteiger partial charge in [-0.3, -0.25) is 0 Å². The standard InChI is InChI=1S/C26H18N2O3/c27-21-11-6-12-23-24(21)26(19-10-5-4-9-18(19)25(29)31-26)20-15-17(13-14-22(20)30-23)28-16-7-2-1-3-8-16/h1-15,28H,27H2. The molecule has 150 valence electrons. The minimum atomic E-state index is -1.17. The molecule has 0 aromatic heterocycles. The maximum Gasteiger partial charge on any atom is 0.340 e. The smallest absolute Gasteiger partial charge is 0.340 e. The number of carbonyl (C=O) groups is 1. The van der Waals surface area contributed by atoms with Crippen molar-refractivity contribution in [1.82, 2.24) is 0 Å². The van der Waals surface area contributed by atoms with E-state index < -0.39 is 5.60 Å². The fourth-order valence-corrected chi connectivity index (χ4v) is 4.53. The molecule has 6 rings (SSSR count). The summed E-state index contributed by atoms with van der Waals surface area (Å²) in [5.74, 6) is 0.834. The van der Waals surface area contributed by atoms with Crippen molar-refractivity contribution in [3.63, 3.8) is 0 Å². The summed E-state index contributed by atoms with van der Waals surface area (Å²) in [4.78, 5) is 12.9. The fourth-order valence-electron chi connectivity index (χ4n) is 4.53. The van der Waals surface area contributed by atoms with Crippen LogP contribution in [0.3, 0.4) is 0 Å². The van der Waals surface area contributed by atoms with Crippen molar-refractivity contribution in [3.05, 3.63) is 113 Å². The van der Waals surface area contributed by atoms with Gasteiger partial charge in [0, 0.05) is 28.2 Å². The number of ether oxygens (including phenoxy) is 2. The third-order valence-corrected chi connectivity index (χ3v) is 5.82. The zero-order chi connectivity index (χ0) is 21.0. The van der Waals surface area contributed by atoms with E-state index in [1.807, 2.05) is 78.9 Å². The lowest BCUT2D eigenvalue weighted by atomic mass is 9.77. The average Bonchev–Trinajstić information content (AvgIpc) is 3.08. The van der Waals surface area contributed by atoms with E-state index in [4.69, 9.17) is 15.2 Å². The third-order valence-electron chi connectivity index (χ3n) is 5.82. The number of nitrogens with one attached hydrogen (secondary N) is 1. The molecule has 3 N–H and O–H groups in total. The SMILES string of the molecule is Nc1cccc2c1C1(OC(=O)c3ccccc31)c1cc(Nc3ccccc3)ccc1O2. The number of hydrogen-bond donors (Lipinski definition) is 2. The van der Waals surface area contributed by atoms with Crippen LogP contribution in [0.1, 0.15) is 27.0 Å². The van der Waals surface area contributed by atoms with Crippen molar-refractivity contribution in [2.45, 2.75) is 5.60 Å². The Balaban J connectivity index is 1.62. The van der Waals surface area contributed by atoms with Crippen molar-refractivity contribution in [3.8, 4) is 11.5 Å². The molecule has 0 fully saturated rings. The summed E-state index contributed by atoms with van der Waals surface area (Å²) in [6.45, 7) is 0. The summed E-state index contributed by atoms with van der Waals surface area (Å²) in [5.41, 5.74) is 10.3. The number of hydrogen-bond acceptors (Lipinski definition) is 5. The van der Waals surface area contributed by atoms with Crippen LogP contribution >= 0.6 is 0 Å². The highest BCUT2D eigenvalue weighted by Gasteiger charge is 2.54. The van der Waals surface area contributed by atoms with Crippen LogP contribution in [0.4, 0.5) is 17.1 Å². The van der Waals surface area contributed by atoms with E-state index in [0.717, 1.165) is 22.5 Å². The number of rotatable bonds is 2. The fraction of sp³-hybridized carbons (Fsp3) is 0.0385. The molecular formula is C26H18N2O3. The van der Waals surface area contributed by atoms with Gasteiger partial charge >= 0.3 is 5.97 Å². The van der Waals surface area contributed by atoms with Crippen LogP contribution in [0.25, 0.3) is 0 Å². The van der Waals surface area contributed by atoms with Crippen molar-refractivity contribution in [1.29, 1.82) is 0 Å². The molecule has 2 aliphatic heterocycles. The quantitative estimate of drug-likeness (QED) is 0.336.